The van der Waals surface area contributed by atoms with Gasteiger partial charge in [0.1, 0.15) is 5.75 Å². The number of hydrogen-bond acceptors (Lipinski definition) is 3. The number of benzene rings is 1. The molecule has 4 heteroatoms. The average Bonchev–Trinajstić information content (AvgIpc) is 2.36. The fourth-order valence-corrected chi connectivity index (χ4v) is 1.25. The number of hydrazone groups is 1. The Morgan fingerprint density at radius 3 is 2.44 bits per heavy atom. The lowest BCUT2D eigenvalue weighted by Gasteiger charge is -2.05. The summed E-state index contributed by atoms with van der Waals surface area (Å²) in [5.41, 5.74) is 4.41. The third-order valence-corrected chi connectivity index (χ3v) is 2.72. The Kier molecular flexibility index (Phi) is 5.36. The second-order valence-corrected chi connectivity index (χ2v) is 4.47. The van der Waals surface area contributed by atoms with Gasteiger partial charge in [0.2, 0.25) is 5.91 Å². The monoisotopic (exact) mass is 248 g/mol. The average molecular weight is 248 g/mol. The maximum absolute atomic E-state index is 11.6. The zero-order chi connectivity index (χ0) is 13.5. The van der Waals surface area contributed by atoms with Gasteiger partial charge in [0.25, 0.3) is 0 Å². The van der Waals surface area contributed by atoms with Gasteiger partial charge in [-0.2, -0.15) is 5.10 Å². The molecule has 0 heterocycles. The van der Waals surface area contributed by atoms with Crippen molar-refractivity contribution >= 4 is 11.6 Å². The number of methoxy groups -OCH3 is 1. The number of nitrogens with one attached hydrogen (secondary N) is 1. The summed E-state index contributed by atoms with van der Waals surface area (Å²) >= 11 is 0. The summed E-state index contributed by atoms with van der Waals surface area (Å²) in [5, 5.41) is 4.05. The van der Waals surface area contributed by atoms with Crippen LogP contribution in [0.15, 0.2) is 29.4 Å². The fraction of sp³-hybridized carbons (Fsp3) is 0.429. The molecule has 1 rings (SSSR count). The van der Waals surface area contributed by atoms with Gasteiger partial charge in [-0.3, -0.25) is 4.79 Å². The van der Waals surface area contributed by atoms with E-state index < -0.39 is 0 Å². The van der Waals surface area contributed by atoms with Crippen molar-refractivity contribution in [1.29, 1.82) is 0 Å². The molecule has 0 atom stereocenters. The van der Waals surface area contributed by atoms with E-state index in [-0.39, 0.29) is 5.91 Å². The Morgan fingerprint density at radius 1 is 1.33 bits per heavy atom. The van der Waals surface area contributed by atoms with Crippen LogP contribution in [0, 0.1) is 5.92 Å². The van der Waals surface area contributed by atoms with E-state index in [1.54, 1.807) is 7.11 Å². The summed E-state index contributed by atoms with van der Waals surface area (Å²) in [6.07, 6.45) is 0.318. The largest absolute Gasteiger partial charge is 0.497 e. The predicted molar refractivity (Wildman–Crippen MR) is 72.8 cm³/mol. The summed E-state index contributed by atoms with van der Waals surface area (Å²) in [6, 6.07) is 7.42. The maximum atomic E-state index is 11.6. The van der Waals surface area contributed by atoms with E-state index in [4.69, 9.17) is 4.74 Å². The van der Waals surface area contributed by atoms with Crippen LogP contribution in [0.4, 0.5) is 0 Å². The molecule has 1 N–H and O–H groups in total. The van der Waals surface area contributed by atoms with Crippen LogP contribution in [0.25, 0.3) is 0 Å². The van der Waals surface area contributed by atoms with Crippen molar-refractivity contribution < 1.29 is 9.53 Å². The Bertz CT molecular complexity index is 422. The molecule has 0 unspecified atom stereocenters. The van der Waals surface area contributed by atoms with E-state index in [9.17, 15) is 4.79 Å². The molecule has 0 saturated heterocycles. The van der Waals surface area contributed by atoms with Crippen molar-refractivity contribution in [1.82, 2.24) is 5.43 Å². The van der Waals surface area contributed by atoms with E-state index in [1.165, 1.54) is 0 Å². The molecular weight excluding hydrogens is 228 g/mol. The van der Waals surface area contributed by atoms with Gasteiger partial charge in [0.15, 0.2) is 0 Å². The zero-order valence-electron chi connectivity index (χ0n) is 11.4. The highest BCUT2D eigenvalue weighted by atomic mass is 16.5. The van der Waals surface area contributed by atoms with E-state index >= 15 is 0 Å². The van der Waals surface area contributed by atoms with Gasteiger partial charge in [-0.05, 0) is 30.5 Å². The number of nitrogens with zero attached hydrogens (tertiary/aromatic N) is 1. The van der Waals surface area contributed by atoms with Crippen LogP contribution in [-0.2, 0) is 11.2 Å². The first-order valence-electron chi connectivity index (χ1n) is 5.99. The highest BCUT2D eigenvalue weighted by Crippen LogP contribution is 2.11. The van der Waals surface area contributed by atoms with Gasteiger partial charge in [-0.25, -0.2) is 5.43 Å². The van der Waals surface area contributed by atoms with Crippen LogP contribution in [-0.4, -0.2) is 18.7 Å². The molecule has 0 aromatic heterocycles. The van der Waals surface area contributed by atoms with Crippen LogP contribution in [0.5, 0.6) is 5.75 Å². The zero-order valence-corrected chi connectivity index (χ0v) is 11.4. The Balaban J connectivity index is 2.51. The molecule has 98 valence electrons. The third kappa shape index (κ3) is 4.57. The minimum Gasteiger partial charge on any atom is -0.497 e. The summed E-state index contributed by atoms with van der Waals surface area (Å²) in [4.78, 5) is 11.6. The first-order chi connectivity index (χ1) is 8.52. The molecular formula is C14H20N2O2. The highest BCUT2D eigenvalue weighted by molar-refractivity contribution is 5.86. The Morgan fingerprint density at radius 2 is 1.94 bits per heavy atom. The molecule has 0 fully saturated rings. The first kappa shape index (κ1) is 14.2. The number of carbonyl (C=O) groups is 1. The molecule has 0 radical (unpaired) electrons. The smallest absolute Gasteiger partial charge is 0.244 e. The van der Waals surface area contributed by atoms with Crippen LogP contribution in [0.3, 0.4) is 0 Å². The van der Waals surface area contributed by atoms with Crippen molar-refractivity contribution in [2.45, 2.75) is 27.2 Å². The number of ether oxygens (including phenoxy) is 1. The fourth-order valence-electron chi connectivity index (χ4n) is 1.25. The van der Waals surface area contributed by atoms with E-state index in [0.29, 0.717) is 12.3 Å². The van der Waals surface area contributed by atoms with Crippen molar-refractivity contribution in [2.75, 3.05) is 7.11 Å². The Labute approximate surface area is 108 Å². The lowest BCUT2D eigenvalue weighted by molar-refractivity contribution is -0.120. The quantitative estimate of drug-likeness (QED) is 0.642. The minimum absolute atomic E-state index is 0.111. The predicted octanol–water partition coefficient (Wildman–Crippen LogP) is 2.39. The molecule has 0 saturated carbocycles. The van der Waals surface area contributed by atoms with Gasteiger partial charge in [0.05, 0.1) is 13.5 Å². The number of rotatable bonds is 5. The van der Waals surface area contributed by atoms with Gasteiger partial charge in [-0.1, -0.05) is 26.0 Å². The molecule has 18 heavy (non-hydrogen) atoms. The first-order valence-corrected chi connectivity index (χ1v) is 5.99. The topological polar surface area (TPSA) is 50.7 Å². The van der Waals surface area contributed by atoms with Crippen molar-refractivity contribution in [3.8, 4) is 5.75 Å². The highest BCUT2D eigenvalue weighted by Gasteiger charge is 2.04. The second-order valence-electron chi connectivity index (χ2n) is 4.47. The standard InChI is InChI=1S/C14H20N2O2/c1-10(2)11(3)15-16-14(17)9-12-5-7-13(18-4)8-6-12/h5-8,10H,9H2,1-4H3,(H,16,17). The number of amides is 1. The Hall–Kier alpha value is -1.84. The van der Waals surface area contributed by atoms with Crippen LogP contribution in [0.1, 0.15) is 26.3 Å². The molecule has 1 aromatic rings. The van der Waals surface area contributed by atoms with E-state index in [2.05, 4.69) is 10.5 Å². The summed E-state index contributed by atoms with van der Waals surface area (Å²) in [6.45, 7) is 5.97. The van der Waals surface area contributed by atoms with E-state index in [1.807, 2.05) is 45.0 Å². The molecule has 0 aliphatic heterocycles. The molecule has 0 bridgehead atoms. The SMILES string of the molecule is COc1ccc(CC(=O)NN=C(C)C(C)C)cc1. The molecule has 1 aromatic carbocycles. The maximum Gasteiger partial charge on any atom is 0.244 e. The normalized spacial score (nSPS) is 11.5. The van der Waals surface area contributed by atoms with Crippen LogP contribution in [0.2, 0.25) is 0 Å². The second kappa shape index (κ2) is 6.79. The van der Waals surface area contributed by atoms with Gasteiger partial charge < -0.3 is 4.74 Å². The summed E-state index contributed by atoms with van der Waals surface area (Å²) in [5.74, 6) is 1.01. The van der Waals surface area contributed by atoms with Gasteiger partial charge in [0, 0.05) is 5.71 Å². The molecule has 0 aliphatic carbocycles. The third-order valence-electron chi connectivity index (χ3n) is 2.72. The number of hydrogen-bond donors (Lipinski definition) is 1. The van der Waals surface area contributed by atoms with Gasteiger partial charge in [-0.15, -0.1) is 0 Å². The van der Waals surface area contributed by atoms with Crippen molar-refractivity contribution in [3.63, 3.8) is 0 Å². The van der Waals surface area contributed by atoms with Crippen LogP contribution >= 0.6 is 0 Å². The lowest BCUT2D eigenvalue weighted by Crippen LogP contribution is -2.22. The minimum atomic E-state index is -0.111. The van der Waals surface area contributed by atoms with Crippen LogP contribution < -0.4 is 10.2 Å². The van der Waals surface area contributed by atoms with E-state index in [0.717, 1.165) is 17.0 Å². The lowest BCUT2D eigenvalue weighted by atomic mass is 10.1. The van der Waals surface area contributed by atoms with Crippen molar-refractivity contribution in [3.05, 3.63) is 29.8 Å². The number of carbonyl (C=O) groups excluding carboxylic acids is 1. The van der Waals surface area contributed by atoms with Gasteiger partial charge >= 0.3 is 0 Å². The van der Waals surface area contributed by atoms with Crippen molar-refractivity contribution in [2.24, 2.45) is 11.0 Å². The molecule has 0 spiro atoms. The molecule has 0 aliphatic rings. The molecule has 1 amide bonds. The summed E-state index contributed by atoms with van der Waals surface area (Å²) < 4.78 is 5.06. The summed E-state index contributed by atoms with van der Waals surface area (Å²) in [7, 11) is 1.62. The molecule has 4 nitrogen and oxygen atoms in total.